The number of aliphatic carboxylic acids is 1. The molecule has 0 amide bonds. The van der Waals surface area contributed by atoms with Crippen molar-refractivity contribution in [2.75, 3.05) is 13.1 Å². The second kappa shape index (κ2) is 7.29. The van der Waals surface area contributed by atoms with Crippen molar-refractivity contribution in [3.63, 3.8) is 0 Å². The first-order chi connectivity index (χ1) is 14.1. The van der Waals surface area contributed by atoms with Crippen LogP contribution in [0.2, 0.25) is 0 Å². The maximum absolute atomic E-state index is 12.9. The third kappa shape index (κ3) is 3.02. The van der Waals surface area contributed by atoms with E-state index in [1.54, 1.807) is 0 Å². The summed E-state index contributed by atoms with van der Waals surface area (Å²) in [5, 5.41) is 11.7. The number of aromatic amines is 1. The second-order valence-electron chi connectivity index (χ2n) is 8.22. The van der Waals surface area contributed by atoms with Gasteiger partial charge in [0.25, 0.3) is 0 Å². The number of likely N-dealkylation sites (tertiary alicyclic amines) is 1. The number of para-hydroxylation sites is 1. The number of carboxylic acid groups (broad SMARTS) is 1. The molecule has 3 atom stereocenters. The zero-order valence-electron chi connectivity index (χ0n) is 16.0. The molecule has 5 rings (SSSR count). The fourth-order valence-electron chi connectivity index (χ4n) is 5.35. The highest BCUT2D eigenvalue weighted by Gasteiger charge is 2.59. The summed E-state index contributed by atoms with van der Waals surface area (Å²) in [6, 6.07) is 18.6. The van der Waals surface area contributed by atoms with Crippen LogP contribution in [0.15, 0.2) is 70.5 Å². The minimum Gasteiger partial charge on any atom is -0.481 e. The molecule has 0 spiro atoms. The van der Waals surface area contributed by atoms with Gasteiger partial charge in [-0.3, -0.25) is 9.69 Å². The van der Waals surface area contributed by atoms with Crippen LogP contribution in [0.5, 0.6) is 0 Å². The number of carbonyl (C=O) groups is 1. The lowest BCUT2D eigenvalue weighted by Crippen LogP contribution is -2.46. The number of hydrogen-bond donors (Lipinski definition) is 2. The predicted octanol–water partition coefficient (Wildman–Crippen LogP) is 5.18. The largest absolute Gasteiger partial charge is 0.481 e. The van der Waals surface area contributed by atoms with Gasteiger partial charge in [0.15, 0.2) is 0 Å². The number of allylic oxidation sites excluding steroid dienone is 1. The zero-order valence-corrected chi connectivity index (χ0v) is 18.2. The third-order valence-electron chi connectivity index (χ3n) is 6.69. The normalized spacial score (nSPS) is 27.0. The minimum absolute atomic E-state index is 0.0247. The second-order valence-corrected chi connectivity index (χ2v) is 9.47. The van der Waals surface area contributed by atoms with E-state index < -0.39 is 11.4 Å². The summed E-state index contributed by atoms with van der Waals surface area (Å²) < 4.78 is 1.19. The molecule has 1 aliphatic carbocycles. The summed E-state index contributed by atoms with van der Waals surface area (Å²) >= 11 is 2.37. The average Bonchev–Trinajstić information content (AvgIpc) is 3.32. The fourth-order valence-corrected chi connectivity index (χ4v) is 6.36. The molecular weight excluding hydrogens is 475 g/mol. The number of hydrogen-bond acceptors (Lipinski definition) is 2. The number of carboxylic acids is 1. The highest BCUT2D eigenvalue weighted by atomic mass is 127. The third-order valence-corrected chi connectivity index (χ3v) is 7.89. The Morgan fingerprint density at radius 2 is 1.90 bits per heavy atom. The van der Waals surface area contributed by atoms with Gasteiger partial charge in [0.2, 0.25) is 0 Å². The van der Waals surface area contributed by atoms with Gasteiger partial charge in [0.1, 0.15) is 0 Å². The van der Waals surface area contributed by atoms with E-state index >= 15 is 0 Å². The Balaban J connectivity index is 1.57. The molecule has 0 bridgehead atoms. The molecule has 2 heterocycles. The van der Waals surface area contributed by atoms with Gasteiger partial charge in [-0.2, -0.15) is 0 Å². The van der Waals surface area contributed by atoms with E-state index in [0.717, 1.165) is 36.0 Å². The van der Waals surface area contributed by atoms with Gasteiger partial charge in [-0.25, -0.2) is 0 Å². The van der Waals surface area contributed by atoms with Gasteiger partial charge in [-0.05, 0) is 49.8 Å². The van der Waals surface area contributed by atoms with Crippen LogP contribution < -0.4 is 0 Å². The van der Waals surface area contributed by atoms with Crippen molar-refractivity contribution in [2.45, 2.75) is 18.9 Å². The molecule has 2 aliphatic rings. The molecule has 2 N–H and O–H groups in total. The van der Waals surface area contributed by atoms with E-state index in [-0.39, 0.29) is 11.8 Å². The van der Waals surface area contributed by atoms with Crippen molar-refractivity contribution in [1.29, 1.82) is 0 Å². The van der Waals surface area contributed by atoms with Gasteiger partial charge in [0, 0.05) is 48.6 Å². The molecule has 1 aliphatic heterocycles. The van der Waals surface area contributed by atoms with E-state index in [4.69, 9.17) is 0 Å². The molecule has 1 fully saturated rings. The molecule has 3 unspecified atom stereocenters. The fraction of sp³-hybridized carbons (Fsp3) is 0.292. The highest BCUT2D eigenvalue weighted by Crippen LogP contribution is 2.57. The highest BCUT2D eigenvalue weighted by molar-refractivity contribution is 14.1. The summed E-state index contributed by atoms with van der Waals surface area (Å²) in [7, 11) is 0. The molecule has 148 valence electrons. The molecule has 0 radical (unpaired) electrons. The topological polar surface area (TPSA) is 56.3 Å². The number of H-pyrrole nitrogens is 1. The monoisotopic (exact) mass is 498 g/mol. The Morgan fingerprint density at radius 3 is 2.69 bits per heavy atom. The van der Waals surface area contributed by atoms with E-state index in [2.05, 4.69) is 62.8 Å². The standard InChI is InChI=1S/C24H23IN2O2/c25-21-11-10-19(18-12-26-22-9-5-4-8-17(18)22)24(23(28)29)15-27(14-20(21)24)13-16-6-2-1-3-7-16/h1-9,11-12,19-20,26H,10,13-15H2,(H,28,29). The van der Waals surface area contributed by atoms with Crippen molar-refractivity contribution in [2.24, 2.45) is 11.3 Å². The summed E-state index contributed by atoms with van der Waals surface area (Å²) in [6.45, 7) is 2.15. The molecule has 3 aromatic rings. The van der Waals surface area contributed by atoms with Crippen molar-refractivity contribution < 1.29 is 9.90 Å². The molecule has 4 nitrogen and oxygen atoms in total. The lowest BCUT2D eigenvalue weighted by Gasteiger charge is -2.41. The Bertz CT molecular complexity index is 1090. The lowest BCUT2D eigenvalue weighted by molar-refractivity contribution is -0.151. The lowest BCUT2D eigenvalue weighted by atomic mass is 9.62. The summed E-state index contributed by atoms with van der Waals surface area (Å²) in [5.41, 5.74) is 2.64. The van der Waals surface area contributed by atoms with Gasteiger partial charge < -0.3 is 10.1 Å². The Kier molecular flexibility index (Phi) is 4.75. The van der Waals surface area contributed by atoms with Crippen LogP contribution in [0.3, 0.4) is 0 Å². The van der Waals surface area contributed by atoms with Crippen LogP contribution in [0.1, 0.15) is 23.5 Å². The quantitative estimate of drug-likeness (QED) is 0.488. The van der Waals surface area contributed by atoms with E-state index in [0.29, 0.717) is 6.54 Å². The van der Waals surface area contributed by atoms with Crippen molar-refractivity contribution in [3.05, 3.63) is 81.6 Å². The first-order valence-electron chi connectivity index (χ1n) is 10.0. The number of rotatable bonds is 4. The molecule has 29 heavy (non-hydrogen) atoms. The van der Waals surface area contributed by atoms with Crippen LogP contribution >= 0.6 is 22.6 Å². The van der Waals surface area contributed by atoms with Gasteiger partial charge in [-0.15, -0.1) is 0 Å². The van der Waals surface area contributed by atoms with Crippen LogP contribution in [0.25, 0.3) is 10.9 Å². The summed E-state index contributed by atoms with van der Waals surface area (Å²) in [4.78, 5) is 18.6. The van der Waals surface area contributed by atoms with Crippen LogP contribution in [0, 0.1) is 11.3 Å². The Hall–Kier alpha value is -2.12. The number of halogens is 1. The summed E-state index contributed by atoms with van der Waals surface area (Å²) in [6.07, 6.45) is 5.05. The Morgan fingerprint density at radius 1 is 1.14 bits per heavy atom. The van der Waals surface area contributed by atoms with Crippen molar-refractivity contribution in [3.8, 4) is 0 Å². The van der Waals surface area contributed by atoms with Gasteiger partial charge >= 0.3 is 5.97 Å². The molecule has 5 heteroatoms. The zero-order chi connectivity index (χ0) is 20.0. The van der Waals surface area contributed by atoms with Crippen LogP contribution in [-0.2, 0) is 11.3 Å². The van der Waals surface area contributed by atoms with E-state index in [1.165, 1.54) is 9.14 Å². The number of aromatic nitrogens is 1. The van der Waals surface area contributed by atoms with E-state index in [1.807, 2.05) is 36.5 Å². The van der Waals surface area contributed by atoms with Crippen molar-refractivity contribution >= 4 is 39.5 Å². The summed E-state index contributed by atoms with van der Waals surface area (Å²) in [5.74, 6) is -0.687. The Labute approximate surface area is 183 Å². The molecule has 1 saturated heterocycles. The first-order valence-corrected chi connectivity index (χ1v) is 11.1. The van der Waals surface area contributed by atoms with Crippen molar-refractivity contribution in [1.82, 2.24) is 9.88 Å². The molecular formula is C24H23IN2O2. The van der Waals surface area contributed by atoms with Crippen LogP contribution in [0.4, 0.5) is 0 Å². The van der Waals surface area contributed by atoms with E-state index in [9.17, 15) is 9.90 Å². The number of fused-ring (bicyclic) bond motifs is 2. The smallest absolute Gasteiger partial charge is 0.312 e. The maximum Gasteiger partial charge on any atom is 0.312 e. The molecule has 1 aromatic heterocycles. The van der Waals surface area contributed by atoms with Crippen LogP contribution in [-0.4, -0.2) is 34.0 Å². The number of nitrogens with zero attached hydrogens (tertiary/aromatic N) is 1. The number of nitrogens with one attached hydrogen (secondary N) is 1. The maximum atomic E-state index is 12.9. The average molecular weight is 498 g/mol. The van der Waals surface area contributed by atoms with Gasteiger partial charge in [0.05, 0.1) is 5.41 Å². The molecule has 0 saturated carbocycles. The first kappa shape index (κ1) is 18.9. The minimum atomic E-state index is -0.801. The van der Waals surface area contributed by atoms with Gasteiger partial charge in [-0.1, -0.05) is 54.6 Å². The predicted molar refractivity (Wildman–Crippen MR) is 123 cm³/mol. The molecule has 2 aromatic carbocycles. The SMILES string of the molecule is O=C(O)C12CN(Cc3ccccc3)CC1C(I)=CCC2c1c[nH]c2ccccc12. The number of benzene rings is 2.